The summed E-state index contributed by atoms with van der Waals surface area (Å²) in [6, 6.07) is 27.7. The number of benzene rings is 3. The summed E-state index contributed by atoms with van der Waals surface area (Å²) in [4.78, 5) is 12.3. The summed E-state index contributed by atoms with van der Waals surface area (Å²) in [6.07, 6.45) is 3.07. The van der Waals surface area contributed by atoms with E-state index in [9.17, 15) is 4.79 Å². The molecular weight excluding hydrogens is 334 g/mol. The van der Waals surface area contributed by atoms with Crippen LogP contribution in [-0.2, 0) is 4.79 Å². The number of nitrogens with one attached hydrogen (secondary N) is 1. The molecule has 0 radical (unpaired) electrons. The van der Waals surface area contributed by atoms with E-state index in [2.05, 4.69) is 17.4 Å². The van der Waals surface area contributed by atoms with Crippen LogP contribution in [0.2, 0.25) is 0 Å². The number of ketones is 1. The van der Waals surface area contributed by atoms with E-state index in [-0.39, 0.29) is 11.7 Å². The minimum Gasteiger partial charge on any atom is -0.455 e. The Bertz CT molecular complexity index is 948. The van der Waals surface area contributed by atoms with Crippen molar-refractivity contribution in [1.29, 1.82) is 0 Å². The molecule has 3 aromatic carbocycles. The van der Waals surface area contributed by atoms with E-state index in [4.69, 9.17) is 4.74 Å². The largest absolute Gasteiger partial charge is 0.455 e. The van der Waals surface area contributed by atoms with E-state index >= 15 is 0 Å². The fourth-order valence-electron chi connectivity index (χ4n) is 3.39. The molecule has 0 aliphatic heterocycles. The van der Waals surface area contributed by atoms with Crippen molar-refractivity contribution in [2.24, 2.45) is 0 Å². The van der Waals surface area contributed by atoms with Crippen LogP contribution in [0.25, 0.3) is 0 Å². The fourth-order valence-corrected chi connectivity index (χ4v) is 3.39. The third kappa shape index (κ3) is 4.26. The average Bonchev–Trinajstić information content (AvgIpc) is 2.71. The Balaban J connectivity index is 1.54. The van der Waals surface area contributed by atoms with Crippen molar-refractivity contribution in [3.63, 3.8) is 0 Å². The molecule has 0 heterocycles. The van der Waals surface area contributed by atoms with Gasteiger partial charge in [-0.3, -0.25) is 4.79 Å². The van der Waals surface area contributed by atoms with Crippen LogP contribution < -0.4 is 10.1 Å². The molecule has 1 aliphatic carbocycles. The monoisotopic (exact) mass is 355 g/mol. The Morgan fingerprint density at radius 1 is 0.778 bits per heavy atom. The van der Waals surface area contributed by atoms with Crippen molar-refractivity contribution in [2.75, 3.05) is 5.32 Å². The summed E-state index contributed by atoms with van der Waals surface area (Å²) in [5, 5.41) is 3.42. The Morgan fingerprint density at radius 2 is 1.44 bits per heavy atom. The number of rotatable bonds is 5. The molecule has 134 valence electrons. The lowest BCUT2D eigenvalue weighted by Crippen LogP contribution is -2.16. The van der Waals surface area contributed by atoms with Crippen LogP contribution in [0, 0.1) is 0 Å². The lowest BCUT2D eigenvalue weighted by molar-refractivity contribution is -0.115. The molecule has 3 aromatic rings. The summed E-state index contributed by atoms with van der Waals surface area (Å²) >= 11 is 0. The molecule has 0 saturated heterocycles. The van der Waals surface area contributed by atoms with Gasteiger partial charge in [0.05, 0.1) is 5.69 Å². The molecular formula is C24H21NO2. The Hall–Kier alpha value is -3.33. The number of anilines is 1. The highest BCUT2D eigenvalue weighted by atomic mass is 16.5. The molecule has 0 bridgehead atoms. The summed E-state index contributed by atoms with van der Waals surface area (Å²) < 4.78 is 6.01. The van der Waals surface area contributed by atoms with E-state index in [1.165, 1.54) is 5.56 Å². The molecule has 3 nitrogen and oxygen atoms in total. The van der Waals surface area contributed by atoms with Gasteiger partial charge in [0.25, 0.3) is 0 Å². The second kappa shape index (κ2) is 7.92. The van der Waals surface area contributed by atoms with Crippen LogP contribution in [-0.4, -0.2) is 5.78 Å². The maximum Gasteiger partial charge on any atom is 0.158 e. The number of para-hydroxylation sites is 3. The first-order chi connectivity index (χ1) is 13.3. The Labute approximate surface area is 159 Å². The van der Waals surface area contributed by atoms with E-state index in [1.807, 2.05) is 72.8 Å². The van der Waals surface area contributed by atoms with Crippen molar-refractivity contribution >= 4 is 11.5 Å². The van der Waals surface area contributed by atoms with Gasteiger partial charge in [0, 0.05) is 18.2 Å². The van der Waals surface area contributed by atoms with Crippen molar-refractivity contribution in [2.45, 2.75) is 18.8 Å². The molecule has 0 amide bonds. The molecule has 4 rings (SSSR count). The highest BCUT2D eigenvalue weighted by molar-refractivity contribution is 5.92. The van der Waals surface area contributed by atoms with Crippen molar-refractivity contribution in [3.05, 3.63) is 102 Å². The van der Waals surface area contributed by atoms with Gasteiger partial charge in [-0.25, -0.2) is 0 Å². The van der Waals surface area contributed by atoms with Crippen LogP contribution in [0.4, 0.5) is 5.69 Å². The summed E-state index contributed by atoms with van der Waals surface area (Å²) in [5.74, 6) is 1.87. The maximum atomic E-state index is 12.3. The molecule has 0 fully saturated rings. The predicted octanol–water partition coefficient (Wildman–Crippen LogP) is 5.92. The molecule has 0 spiro atoms. The third-order valence-corrected chi connectivity index (χ3v) is 4.67. The number of carbonyl (C=O) groups excluding carboxylic acids is 1. The number of ether oxygens (including phenoxy) is 1. The number of hydrogen-bond donors (Lipinski definition) is 1. The van der Waals surface area contributed by atoms with E-state index in [0.29, 0.717) is 6.42 Å². The van der Waals surface area contributed by atoms with Gasteiger partial charge in [-0.15, -0.1) is 0 Å². The molecule has 0 saturated carbocycles. The minimum absolute atomic E-state index is 0.152. The minimum atomic E-state index is 0.152. The van der Waals surface area contributed by atoms with Gasteiger partial charge in [-0.1, -0.05) is 60.7 Å². The SMILES string of the molecule is O=C1C=C(Nc2ccccc2Oc2ccccc2)C[C@H](c2ccccc2)C1. The standard InChI is InChI=1S/C24H21NO2/c26-21-16-19(18-9-3-1-4-10-18)15-20(17-21)25-23-13-7-8-14-24(23)27-22-11-5-2-6-12-22/h1-14,17,19,25H,15-16H2/t19-/m0/s1. The summed E-state index contributed by atoms with van der Waals surface area (Å²) in [7, 11) is 0. The normalized spacial score (nSPS) is 16.5. The van der Waals surface area contributed by atoms with Crippen LogP contribution in [0.1, 0.15) is 24.3 Å². The van der Waals surface area contributed by atoms with Gasteiger partial charge < -0.3 is 10.1 Å². The summed E-state index contributed by atoms with van der Waals surface area (Å²) in [5.41, 5.74) is 2.98. The number of carbonyl (C=O) groups is 1. The maximum absolute atomic E-state index is 12.3. The first kappa shape index (κ1) is 17.1. The number of hydrogen-bond acceptors (Lipinski definition) is 3. The topological polar surface area (TPSA) is 38.3 Å². The lowest BCUT2D eigenvalue weighted by Gasteiger charge is -2.24. The van der Waals surface area contributed by atoms with Gasteiger partial charge in [0.2, 0.25) is 0 Å². The molecule has 1 N–H and O–H groups in total. The second-order valence-corrected chi connectivity index (χ2v) is 6.69. The Kier molecular flexibility index (Phi) is 5.01. The van der Waals surface area contributed by atoms with Crippen LogP contribution >= 0.6 is 0 Å². The zero-order valence-corrected chi connectivity index (χ0v) is 15.0. The van der Waals surface area contributed by atoms with Gasteiger partial charge in [0.1, 0.15) is 5.75 Å². The zero-order valence-electron chi connectivity index (χ0n) is 15.0. The van der Waals surface area contributed by atoms with Crippen molar-refractivity contribution in [3.8, 4) is 11.5 Å². The smallest absolute Gasteiger partial charge is 0.158 e. The predicted molar refractivity (Wildman–Crippen MR) is 108 cm³/mol. The zero-order chi connectivity index (χ0) is 18.5. The lowest BCUT2D eigenvalue weighted by atomic mass is 9.85. The van der Waals surface area contributed by atoms with Crippen LogP contribution in [0.3, 0.4) is 0 Å². The van der Waals surface area contributed by atoms with Gasteiger partial charge in [-0.2, -0.15) is 0 Å². The molecule has 1 aliphatic rings. The van der Waals surface area contributed by atoms with Crippen LogP contribution in [0.5, 0.6) is 11.5 Å². The van der Waals surface area contributed by atoms with Crippen molar-refractivity contribution < 1.29 is 9.53 Å². The molecule has 27 heavy (non-hydrogen) atoms. The third-order valence-electron chi connectivity index (χ3n) is 4.67. The van der Waals surface area contributed by atoms with Crippen molar-refractivity contribution in [1.82, 2.24) is 0 Å². The molecule has 0 unspecified atom stereocenters. The highest BCUT2D eigenvalue weighted by Crippen LogP contribution is 2.35. The molecule has 0 aromatic heterocycles. The molecule has 1 atom stereocenters. The van der Waals surface area contributed by atoms with Gasteiger partial charge >= 0.3 is 0 Å². The highest BCUT2D eigenvalue weighted by Gasteiger charge is 2.22. The van der Waals surface area contributed by atoms with E-state index in [1.54, 1.807) is 6.08 Å². The van der Waals surface area contributed by atoms with Gasteiger partial charge in [-0.05, 0) is 42.2 Å². The summed E-state index contributed by atoms with van der Waals surface area (Å²) in [6.45, 7) is 0. The fraction of sp³-hybridized carbons (Fsp3) is 0.125. The van der Waals surface area contributed by atoms with Crippen LogP contribution in [0.15, 0.2) is 96.7 Å². The first-order valence-electron chi connectivity index (χ1n) is 9.15. The Morgan fingerprint density at radius 3 is 2.22 bits per heavy atom. The second-order valence-electron chi connectivity index (χ2n) is 6.69. The van der Waals surface area contributed by atoms with Gasteiger partial charge in [0.15, 0.2) is 11.5 Å². The van der Waals surface area contributed by atoms with E-state index < -0.39 is 0 Å². The quantitative estimate of drug-likeness (QED) is 0.617. The first-order valence-corrected chi connectivity index (χ1v) is 9.15. The van der Waals surface area contributed by atoms with E-state index in [0.717, 1.165) is 29.3 Å². The molecule has 3 heteroatoms. The average molecular weight is 355 g/mol. The number of allylic oxidation sites excluding steroid dienone is 2.